The van der Waals surface area contributed by atoms with Gasteiger partial charge in [-0.15, -0.1) is 0 Å². The van der Waals surface area contributed by atoms with Crippen LogP contribution in [0.3, 0.4) is 0 Å². The Kier molecular flexibility index (Phi) is 8.50. The number of hydrogen-bond donors (Lipinski definition) is 2. The number of carbonyl (C=O) groups excluding carboxylic acids is 2. The molecule has 0 aromatic heterocycles. The molecule has 0 heterocycles. The molecule has 0 bridgehead atoms. The second-order valence-corrected chi connectivity index (χ2v) is 8.06. The predicted octanol–water partition coefficient (Wildman–Crippen LogP) is 5.32. The van der Waals surface area contributed by atoms with Crippen molar-refractivity contribution in [2.24, 2.45) is 0 Å². The van der Waals surface area contributed by atoms with E-state index in [1.54, 1.807) is 23.1 Å². The molecule has 2 N–H and O–H groups in total. The summed E-state index contributed by atoms with van der Waals surface area (Å²) in [6.45, 7) is 8.79. The number of benzene rings is 2. The third-order valence-electron chi connectivity index (χ3n) is 4.58. The quantitative estimate of drug-likeness (QED) is 0.589. The van der Waals surface area contributed by atoms with Gasteiger partial charge in [0.2, 0.25) is 11.8 Å². The van der Waals surface area contributed by atoms with Gasteiger partial charge in [-0.25, -0.2) is 0 Å². The van der Waals surface area contributed by atoms with Crippen LogP contribution >= 0.6 is 23.2 Å². The molecule has 29 heavy (non-hydrogen) atoms. The highest BCUT2D eigenvalue weighted by Gasteiger charge is 2.17. The van der Waals surface area contributed by atoms with Crippen LogP contribution < -0.4 is 10.6 Å². The molecule has 0 radical (unpaired) electrons. The van der Waals surface area contributed by atoms with Gasteiger partial charge in [0.25, 0.3) is 0 Å². The van der Waals surface area contributed by atoms with Gasteiger partial charge in [0.15, 0.2) is 0 Å². The highest BCUT2D eigenvalue weighted by molar-refractivity contribution is 6.35. The molecule has 0 saturated heterocycles. The molecule has 0 unspecified atom stereocenters. The molecule has 156 valence electrons. The van der Waals surface area contributed by atoms with Crippen LogP contribution in [0.4, 0.5) is 11.4 Å². The summed E-state index contributed by atoms with van der Waals surface area (Å²) >= 11 is 12.0. The van der Waals surface area contributed by atoms with Gasteiger partial charge in [-0.05, 0) is 48.7 Å². The molecule has 7 heteroatoms. The largest absolute Gasteiger partial charge is 0.324 e. The first-order valence-corrected chi connectivity index (χ1v) is 10.3. The van der Waals surface area contributed by atoms with E-state index >= 15 is 0 Å². The van der Waals surface area contributed by atoms with E-state index in [-0.39, 0.29) is 24.9 Å². The number of halogens is 2. The molecule has 2 rings (SSSR count). The van der Waals surface area contributed by atoms with Crippen LogP contribution in [0.5, 0.6) is 0 Å². The van der Waals surface area contributed by atoms with Crippen molar-refractivity contribution in [2.75, 3.05) is 30.3 Å². The number of nitrogens with one attached hydrogen (secondary N) is 2. The lowest BCUT2D eigenvalue weighted by atomic mass is 9.98. The fourth-order valence-corrected chi connectivity index (χ4v) is 3.33. The van der Waals surface area contributed by atoms with Crippen molar-refractivity contribution < 1.29 is 9.59 Å². The van der Waals surface area contributed by atoms with Crippen molar-refractivity contribution in [3.8, 4) is 0 Å². The predicted molar refractivity (Wildman–Crippen MR) is 121 cm³/mol. The molecule has 2 aromatic carbocycles. The van der Waals surface area contributed by atoms with E-state index in [0.717, 1.165) is 16.8 Å². The van der Waals surface area contributed by atoms with E-state index in [1.165, 1.54) is 0 Å². The monoisotopic (exact) mass is 435 g/mol. The number of hydrogen-bond acceptors (Lipinski definition) is 3. The van der Waals surface area contributed by atoms with E-state index in [4.69, 9.17) is 23.2 Å². The molecular formula is C22H27Cl2N3O2. The standard InChI is InChI=1S/C22H27Cl2N3O2/c1-5-27(12-20(28)25-19-11-16(23)9-10-18(19)24)13-21(29)26-22-15(4)7-6-8-17(22)14(2)3/h6-11,14H,5,12-13H2,1-4H3,(H,25,28)(H,26,29). The summed E-state index contributed by atoms with van der Waals surface area (Å²) in [5.41, 5.74) is 3.40. The SMILES string of the molecule is CCN(CC(=O)Nc1cc(Cl)ccc1Cl)CC(=O)Nc1c(C)cccc1C(C)C. The Morgan fingerprint density at radius 1 is 1.03 bits per heavy atom. The highest BCUT2D eigenvalue weighted by Crippen LogP contribution is 2.27. The number of likely N-dealkylation sites (N-methyl/N-ethyl adjacent to an activating group) is 1. The molecule has 0 aliphatic rings. The Morgan fingerprint density at radius 3 is 2.31 bits per heavy atom. The van der Waals surface area contributed by atoms with Crippen molar-refractivity contribution in [3.05, 3.63) is 57.6 Å². The Balaban J connectivity index is 2.00. The molecule has 0 atom stereocenters. The van der Waals surface area contributed by atoms with E-state index < -0.39 is 0 Å². The van der Waals surface area contributed by atoms with Gasteiger partial charge in [-0.3, -0.25) is 14.5 Å². The van der Waals surface area contributed by atoms with Crippen LogP contribution in [0.1, 0.15) is 37.8 Å². The van der Waals surface area contributed by atoms with Crippen molar-refractivity contribution in [1.29, 1.82) is 0 Å². The molecule has 2 aromatic rings. The maximum Gasteiger partial charge on any atom is 0.238 e. The van der Waals surface area contributed by atoms with Gasteiger partial charge in [0.1, 0.15) is 0 Å². The number of nitrogens with zero attached hydrogens (tertiary/aromatic N) is 1. The summed E-state index contributed by atoms with van der Waals surface area (Å²) < 4.78 is 0. The van der Waals surface area contributed by atoms with Crippen LogP contribution in [0, 0.1) is 6.92 Å². The first-order chi connectivity index (χ1) is 13.7. The fourth-order valence-electron chi connectivity index (χ4n) is 2.99. The Hall–Kier alpha value is -2.08. The zero-order valence-corrected chi connectivity index (χ0v) is 18.7. The lowest BCUT2D eigenvalue weighted by Gasteiger charge is -2.21. The summed E-state index contributed by atoms with van der Waals surface area (Å²) in [6, 6.07) is 10.9. The van der Waals surface area contributed by atoms with Crippen LogP contribution in [0.2, 0.25) is 10.0 Å². The molecular weight excluding hydrogens is 409 g/mol. The summed E-state index contributed by atoms with van der Waals surface area (Å²) in [6.07, 6.45) is 0. The van der Waals surface area contributed by atoms with Crippen molar-refractivity contribution >= 4 is 46.4 Å². The van der Waals surface area contributed by atoms with Gasteiger partial charge in [0, 0.05) is 10.7 Å². The van der Waals surface area contributed by atoms with Gasteiger partial charge in [0.05, 0.1) is 23.8 Å². The summed E-state index contributed by atoms with van der Waals surface area (Å²) in [5.74, 6) is -0.125. The van der Waals surface area contributed by atoms with E-state index in [1.807, 2.05) is 32.0 Å². The summed E-state index contributed by atoms with van der Waals surface area (Å²) in [5, 5.41) is 6.65. The van der Waals surface area contributed by atoms with Gasteiger partial charge >= 0.3 is 0 Å². The minimum Gasteiger partial charge on any atom is -0.324 e. The first kappa shape index (κ1) is 23.2. The number of aryl methyl sites for hydroxylation is 1. The molecule has 5 nitrogen and oxygen atoms in total. The van der Waals surface area contributed by atoms with Gasteiger partial charge in [-0.1, -0.05) is 62.2 Å². The molecule has 0 fully saturated rings. The highest BCUT2D eigenvalue weighted by atomic mass is 35.5. The number of rotatable bonds is 8. The second kappa shape index (κ2) is 10.6. The topological polar surface area (TPSA) is 61.4 Å². The Bertz CT molecular complexity index is 884. The minimum atomic E-state index is -0.262. The van der Waals surface area contributed by atoms with Gasteiger partial charge in [-0.2, -0.15) is 0 Å². The smallest absolute Gasteiger partial charge is 0.238 e. The third kappa shape index (κ3) is 6.74. The van der Waals surface area contributed by atoms with Crippen LogP contribution in [0.25, 0.3) is 0 Å². The normalized spacial score (nSPS) is 11.0. The maximum absolute atomic E-state index is 12.6. The summed E-state index contributed by atoms with van der Waals surface area (Å²) in [4.78, 5) is 26.8. The van der Waals surface area contributed by atoms with Crippen LogP contribution in [-0.4, -0.2) is 36.3 Å². The lowest BCUT2D eigenvalue weighted by molar-refractivity contribution is -0.119. The number of para-hydroxylation sites is 1. The molecule has 0 aliphatic carbocycles. The third-order valence-corrected chi connectivity index (χ3v) is 5.14. The van der Waals surface area contributed by atoms with Crippen molar-refractivity contribution in [2.45, 2.75) is 33.6 Å². The van der Waals surface area contributed by atoms with E-state index in [0.29, 0.717) is 28.2 Å². The van der Waals surface area contributed by atoms with Crippen molar-refractivity contribution in [1.82, 2.24) is 4.90 Å². The fraction of sp³-hybridized carbons (Fsp3) is 0.364. The summed E-state index contributed by atoms with van der Waals surface area (Å²) in [7, 11) is 0. The minimum absolute atomic E-state index is 0.0670. The maximum atomic E-state index is 12.6. The number of amides is 2. The van der Waals surface area contributed by atoms with Crippen molar-refractivity contribution in [3.63, 3.8) is 0 Å². The second-order valence-electron chi connectivity index (χ2n) is 7.22. The van der Waals surface area contributed by atoms with E-state index in [2.05, 4.69) is 24.5 Å². The average Bonchev–Trinajstić information content (AvgIpc) is 2.65. The Morgan fingerprint density at radius 2 is 1.69 bits per heavy atom. The zero-order chi connectivity index (χ0) is 21.6. The van der Waals surface area contributed by atoms with Crippen LogP contribution in [0.15, 0.2) is 36.4 Å². The first-order valence-electron chi connectivity index (χ1n) is 9.57. The average molecular weight is 436 g/mol. The van der Waals surface area contributed by atoms with E-state index in [9.17, 15) is 9.59 Å². The lowest BCUT2D eigenvalue weighted by Crippen LogP contribution is -2.38. The van der Waals surface area contributed by atoms with Gasteiger partial charge < -0.3 is 10.6 Å². The molecule has 0 saturated carbocycles. The zero-order valence-electron chi connectivity index (χ0n) is 17.2. The molecule has 0 spiro atoms. The van der Waals surface area contributed by atoms with Crippen LogP contribution in [-0.2, 0) is 9.59 Å². The molecule has 0 aliphatic heterocycles. The molecule has 2 amide bonds. The number of anilines is 2. The number of carbonyl (C=O) groups is 2. The Labute approximate surface area is 182 Å².